The van der Waals surface area contributed by atoms with Crippen molar-refractivity contribution in [1.29, 1.82) is 0 Å². The van der Waals surface area contributed by atoms with Gasteiger partial charge in [-0.2, -0.15) is 0 Å². The number of carbonyl (C=O) groups is 1. The molecule has 1 N–H and O–H groups in total. The summed E-state index contributed by atoms with van der Waals surface area (Å²) in [7, 11) is 0. The molecular weight excluding hydrogens is 228 g/mol. The normalized spacial score (nSPS) is 16.2. The first-order valence-electron chi connectivity index (χ1n) is 6.34. The van der Waals surface area contributed by atoms with E-state index in [1.54, 1.807) is 0 Å². The third-order valence-corrected chi connectivity index (χ3v) is 3.66. The Labute approximate surface area is 108 Å². The van der Waals surface area contributed by atoms with Gasteiger partial charge in [0.2, 0.25) is 0 Å². The molecule has 0 unspecified atom stereocenters. The van der Waals surface area contributed by atoms with Crippen LogP contribution in [0.15, 0.2) is 0 Å². The molecule has 1 aromatic carbocycles. The van der Waals surface area contributed by atoms with Gasteiger partial charge in [-0.05, 0) is 45.2 Å². The Bertz CT molecular complexity index is 501. The van der Waals surface area contributed by atoms with Crippen LogP contribution in [0.4, 0.5) is 0 Å². The highest BCUT2D eigenvalue weighted by molar-refractivity contribution is 5.61. The lowest BCUT2D eigenvalue weighted by molar-refractivity contribution is -0.107. The van der Waals surface area contributed by atoms with Gasteiger partial charge in [-0.25, -0.2) is 0 Å². The molecule has 0 saturated heterocycles. The van der Waals surface area contributed by atoms with E-state index in [1.807, 2.05) is 27.7 Å². The predicted octanol–water partition coefficient (Wildman–Crippen LogP) is 2.85. The highest BCUT2D eigenvalue weighted by atomic mass is 16.5. The number of hydrogen-bond donors (Lipinski definition) is 1. The van der Waals surface area contributed by atoms with Crippen LogP contribution in [0, 0.1) is 13.8 Å². The first-order chi connectivity index (χ1) is 8.37. The van der Waals surface area contributed by atoms with Crippen molar-refractivity contribution in [2.75, 3.05) is 0 Å². The average Bonchev–Trinajstić information content (AvgIpc) is 2.62. The molecule has 3 nitrogen and oxygen atoms in total. The molecule has 1 aromatic rings. The zero-order valence-electron chi connectivity index (χ0n) is 11.5. The summed E-state index contributed by atoms with van der Waals surface area (Å²) >= 11 is 0. The Morgan fingerprint density at radius 3 is 2.61 bits per heavy atom. The molecule has 0 saturated carbocycles. The zero-order chi connectivity index (χ0) is 13.5. The molecule has 1 aliphatic heterocycles. The summed E-state index contributed by atoms with van der Waals surface area (Å²) < 4.78 is 6.01. The molecular formula is C15H20O3. The molecule has 0 aliphatic carbocycles. The minimum atomic E-state index is -0.233. The fourth-order valence-corrected chi connectivity index (χ4v) is 2.67. The molecule has 0 spiro atoms. The Balaban J connectivity index is 2.58. The second-order valence-electron chi connectivity index (χ2n) is 5.63. The highest BCUT2D eigenvalue weighted by Gasteiger charge is 2.35. The van der Waals surface area contributed by atoms with Gasteiger partial charge in [0.05, 0.1) is 0 Å². The van der Waals surface area contributed by atoms with Crippen LogP contribution in [0.2, 0.25) is 0 Å². The van der Waals surface area contributed by atoms with E-state index >= 15 is 0 Å². The summed E-state index contributed by atoms with van der Waals surface area (Å²) in [5.74, 6) is 1.23. The smallest absolute Gasteiger partial charge is 0.127 e. The molecule has 0 bridgehead atoms. The molecule has 0 fully saturated rings. The minimum Gasteiger partial charge on any atom is -0.507 e. The fraction of sp³-hybridized carbons (Fsp3) is 0.533. The van der Waals surface area contributed by atoms with Gasteiger partial charge in [-0.15, -0.1) is 0 Å². The fourth-order valence-electron chi connectivity index (χ4n) is 2.67. The maximum atomic E-state index is 10.6. The quantitative estimate of drug-likeness (QED) is 0.837. The molecule has 0 aromatic heterocycles. The summed E-state index contributed by atoms with van der Waals surface area (Å²) in [4.78, 5) is 10.6. The van der Waals surface area contributed by atoms with E-state index in [1.165, 1.54) is 0 Å². The summed E-state index contributed by atoms with van der Waals surface area (Å²) in [5.41, 5.74) is 3.58. The molecule has 18 heavy (non-hydrogen) atoms. The third kappa shape index (κ3) is 1.98. The summed E-state index contributed by atoms with van der Waals surface area (Å²) in [5, 5.41) is 10.2. The standard InChI is InChI=1S/C15H20O3/c1-9-11(6-5-7-16)14-12(10(2)13(9)17)8-15(3,4)18-14/h7,17H,5-6,8H2,1-4H3. The van der Waals surface area contributed by atoms with Gasteiger partial charge in [0.25, 0.3) is 0 Å². The molecule has 2 rings (SSSR count). The lowest BCUT2D eigenvalue weighted by Gasteiger charge is -2.19. The minimum absolute atomic E-state index is 0.233. The Kier molecular flexibility index (Phi) is 3.09. The van der Waals surface area contributed by atoms with Crippen molar-refractivity contribution in [3.63, 3.8) is 0 Å². The Hall–Kier alpha value is -1.51. The van der Waals surface area contributed by atoms with Gasteiger partial charge in [0.15, 0.2) is 0 Å². The van der Waals surface area contributed by atoms with Crippen molar-refractivity contribution >= 4 is 6.29 Å². The lowest BCUT2D eigenvalue weighted by atomic mass is 9.91. The number of phenolic OH excluding ortho intramolecular Hbond substituents is 1. The monoisotopic (exact) mass is 248 g/mol. The predicted molar refractivity (Wildman–Crippen MR) is 70.4 cm³/mol. The number of benzene rings is 1. The van der Waals surface area contributed by atoms with E-state index in [9.17, 15) is 9.90 Å². The van der Waals surface area contributed by atoms with E-state index in [4.69, 9.17) is 4.74 Å². The van der Waals surface area contributed by atoms with Crippen molar-refractivity contribution in [3.8, 4) is 11.5 Å². The number of phenols is 1. The van der Waals surface area contributed by atoms with Crippen LogP contribution in [0.1, 0.15) is 42.5 Å². The van der Waals surface area contributed by atoms with Gasteiger partial charge < -0.3 is 14.6 Å². The van der Waals surface area contributed by atoms with Crippen LogP contribution in [0.25, 0.3) is 0 Å². The lowest BCUT2D eigenvalue weighted by Crippen LogP contribution is -2.25. The van der Waals surface area contributed by atoms with Crippen molar-refractivity contribution in [3.05, 3.63) is 22.3 Å². The average molecular weight is 248 g/mol. The van der Waals surface area contributed by atoms with Crippen LogP contribution in [0.5, 0.6) is 11.5 Å². The molecule has 0 amide bonds. The number of hydrogen-bond acceptors (Lipinski definition) is 3. The van der Waals surface area contributed by atoms with E-state index in [-0.39, 0.29) is 5.60 Å². The van der Waals surface area contributed by atoms with Gasteiger partial charge in [-0.1, -0.05) is 0 Å². The Morgan fingerprint density at radius 1 is 1.33 bits per heavy atom. The van der Waals surface area contributed by atoms with Crippen molar-refractivity contribution < 1.29 is 14.6 Å². The number of ether oxygens (including phenoxy) is 1. The SMILES string of the molecule is Cc1c(O)c(C)c2c(c1CCC=O)OC(C)(C)C2. The molecule has 0 atom stereocenters. The van der Waals surface area contributed by atoms with Crippen LogP contribution in [-0.2, 0) is 17.6 Å². The molecule has 1 heterocycles. The molecule has 98 valence electrons. The van der Waals surface area contributed by atoms with E-state index < -0.39 is 0 Å². The first-order valence-corrected chi connectivity index (χ1v) is 6.34. The molecule has 1 aliphatic rings. The maximum Gasteiger partial charge on any atom is 0.127 e. The van der Waals surface area contributed by atoms with Crippen molar-refractivity contribution in [1.82, 2.24) is 0 Å². The molecule has 3 heteroatoms. The van der Waals surface area contributed by atoms with E-state index in [2.05, 4.69) is 0 Å². The van der Waals surface area contributed by atoms with Gasteiger partial charge in [0.1, 0.15) is 23.4 Å². The largest absolute Gasteiger partial charge is 0.507 e. The van der Waals surface area contributed by atoms with Crippen LogP contribution >= 0.6 is 0 Å². The summed E-state index contributed by atoms with van der Waals surface area (Å²) in [6, 6.07) is 0. The van der Waals surface area contributed by atoms with Gasteiger partial charge >= 0.3 is 0 Å². The third-order valence-electron chi connectivity index (χ3n) is 3.66. The Morgan fingerprint density at radius 2 is 2.00 bits per heavy atom. The van der Waals surface area contributed by atoms with Gasteiger partial charge in [0, 0.05) is 24.0 Å². The second kappa shape index (κ2) is 4.30. The summed E-state index contributed by atoms with van der Waals surface area (Å²) in [6.07, 6.45) is 2.79. The number of rotatable bonds is 3. The summed E-state index contributed by atoms with van der Waals surface area (Å²) in [6.45, 7) is 7.90. The van der Waals surface area contributed by atoms with E-state index in [0.717, 1.165) is 40.7 Å². The molecule has 0 radical (unpaired) electrons. The van der Waals surface area contributed by atoms with E-state index in [0.29, 0.717) is 18.6 Å². The second-order valence-corrected chi connectivity index (χ2v) is 5.63. The number of carbonyl (C=O) groups excluding carboxylic acids is 1. The number of aromatic hydroxyl groups is 1. The van der Waals surface area contributed by atoms with Crippen LogP contribution in [0.3, 0.4) is 0 Å². The van der Waals surface area contributed by atoms with Crippen LogP contribution in [-0.4, -0.2) is 17.0 Å². The number of fused-ring (bicyclic) bond motifs is 1. The maximum absolute atomic E-state index is 10.6. The zero-order valence-corrected chi connectivity index (χ0v) is 11.5. The topological polar surface area (TPSA) is 46.5 Å². The first kappa shape index (κ1) is 12.9. The van der Waals surface area contributed by atoms with Crippen LogP contribution < -0.4 is 4.74 Å². The number of aldehydes is 1. The van der Waals surface area contributed by atoms with Gasteiger partial charge in [-0.3, -0.25) is 0 Å². The highest BCUT2D eigenvalue weighted by Crippen LogP contribution is 2.45. The van der Waals surface area contributed by atoms with Crippen molar-refractivity contribution in [2.24, 2.45) is 0 Å². The van der Waals surface area contributed by atoms with Crippen molar-refractivity contribution in [2.45, 2.75) is 52.6 Å².